The normalized spacial score (nSPS) is 10.4. The fraction of sp³-hybridized carbons (Fsp3) is 0. The van der Waals surface area contributed by atoms with E-state index in [-0.39, 0.29) is 17.4 Å². The van der Waals surface area contributed by atoms with Gasteiger partial charge in [0.25, 0.3) is 11.8 Å². The van der Waals surface area contributed by atoms with Gasteiger partial charge in [0.1, 0.15) is 5.82 Å². The lowest BCUT2D eigenvalue weighted by atomic mass is 10.2. The highest BCUT2D eigenvalue weighted by Crippen LogP contribution is 2.23. The number of hydrogen-bond donors (Lipinski definition) is 2. The molecule has 0 atom stereocenters. The van der Waals surface area contributed by atoms with Gasteiger partial charge in [0.2, 0.25) is 0 Å². The van der Waals surface area contributed by atoms with Crippen LogP contribution in [0.15, 0.2) is 22.7 Å². The van der Waals surface area contributed by atoms with Gasteiger partial charge in [-0.15, -0.1) is 0 Å². The number of hydrogen-bond acceptors (Lipinski definition) is 5. The lowest BCUT2D eigenvalue weighted by Crippen LogP contribution is -1.90. The molecule has 1 aromatic carbocycles. The van der Waals surface area contributed by atoms with Crippen molar-refractivity contribution in [3.8, 4) is 11.5 Å². The molecule has 14 heavy (non-hydrogen) atoms. The maximum absolute atomic E-state index is 13.2. The van der Waals surface area contributed by atoms with E-state index in [0.29, 0.717) is 5.69 Å². The molecule has 1 heterocycles. The number of rotatable bonds is 1. The number of halogens is 1. The van der Waals surface area contributed by atoms with Gasteiger partial charge >= 0.3 is 0 Å². The van der Waals surface area contributed by atoms with Crippen LogP contribution in [0.5, 0.6) is 0 Å². The molecule has 2 aromatic rings. The van der Waals surface area contributed by atoms with E-state index in [4.69, 9.17) is 16.0 Å². The molecule has 0 unspecified atom stereocenters. The molecule has 4 N–H and O–H groups in total. The molecule has 0 spiro atoms. The van der Waals surface area contributed by atoms with E-state index in [9.17, 15) is 4.39 Å². The van der Waals surface area contributed by atoms with Crippen molar-refractivity contribution in [2.24, 2.45) is 0 Å². The molecule has 6 heteroatoms. The van der Waals surface area contributed by atoms with Gasteiger partial charge in [0.15, 0.2) is 0 Å². The van der Waals surface area contributed by atoms with E-state index in [1.54, 1.807) is 0 Å². The third-order valence-corrected chi connectivity index (χ3v) is 1.66. The molecule has 0 aliphatic carbocycles. The SMILES string of the molecule is Nc1ccc(F)c(-c2nc(N)no2)c1. The second-order valence-corrected chi connectivity index (χ2v) is 2.70. The van der Waals surface area contributed by atoms with Gasteiger partial charge in [-0.3, -0.25) is 0 Å². The number of aromatic nitrogens is 2. The van der Waals surface area contributed by atoms with Gasteiger partial charge in [-0.05, 0) is 23.4 Å². The Morgan fingerprint density at radius 2 is 2.07 bits per heavy atom. The van der Waals surface area contributed by atoms with Crippen molar-refractivity contribution in [3.63, 3.8) is 0 Å². The fourth-order valence-corrected chi connectivity index (χ4v) is 1.05. The number of nitrogens with two attached hydrogens (primary N) is 2. The third-order valence-electron chi connectivity index (χ3n) is 1.66. The fourth-order valence-electron chi connectivity index (χ4n) is 1.05. The summed E-state index contributed by atoms with van der Waals surface area (Å²) in [6.07, 6.45) is 0. The lowest BCUT2D eigenvalue weighted by Gasteiger charge is -1.97. The Bertz CT molecular complexity index is 468. The maximum atomic E-state index is 13.2. The van der Waals surface area contributed by atoms with E-state index >= 15 is 0 Å². The van der Waals surface area contributed by atoms with E-state index in [2.05, 4.69) is 10.1 Å². The van der Waals surface area contributed by atoms with Crippen LogP contribution in [-0.2, 0) is 0 Å². The average molecular weight is 194 g/mol. The van der Waals surface area contributed by atoms with Crippen molar-refractivity contribution < 1.29 is 8.91 Å². The van der Waals surface area contributed by atoms with Crippen LogP contribution >= 0.6 is 0 Å². The summed E-state index contributed by atoms with van der Waals surface area (Å²) in [7, 11) is 0. The quantitative estimate of drug-likeness (QED) is 0.662. The number of nitrogen functional groups attached to an aromatic ring is 2. The number of nitrogens with zero attached hydrogens (tertiary/aromatic N) is 2. The monoisotopic (exact) mass is 194 g/mol. The van der Waals surface area contributed by atoms with Gasteiger partial charge in [-0.25, -0.2) is 4.39 Å². The maximum Gasteiger partial charge on any atom is 0.262 e. The topological polar surface area (TPSA) is 91.0 Å². The third kappa shape index (κ3) is 1.37. The van der Waals surface area contributed by atoms with E-state index < -0.39 is 5.82 Å². The molecule has 0 fully saturated rings. The van der Waals surface area contributed by atoms with Gasteiger partial charge < -0.3 is 16.0 Å². The standard InChI is InChI=1S/C8H7FN4O/c9-6-2-1-4(10)3-5(6)7-12-8(11)13-14-7/h1-3H,10H2,(H2,11,13). The van der Waals surface area contributed by atoms with Crippen molar-refractivity contribution in [1.82, 2.24) is 10.1 Å². The molecule has 5 nitrogen and oxygen atoms in total. The van der Waals surface area contributed by atoms with Crippen molar-refractivity contribution >= 4 is 11.6 Å². The van der Waals surface area contributed by atoms with Crippen LogP contribution in [-0.4, -0.2) is 10.1 Å². The van der Waals surface area contributed by atoms with Crippen LogP contribution in [0.2, 0.25) is 0 Å². The second-order valence-electron chi connectivity index (χ2n) is 2.70. The zero-order valence-electron chi connectivity index (χ0n) is 7.07. The van der Waals surface area contributed by atoms with Crippen LogP contribution in [0, 0.1) is 5.82 Å². The molecule has 0 radical (unpaired) electrons. The van der Waals surface area contributed by atoms with Crippen molar-refractivity contribution in [1.29, 1.82) is 0 Å². The van der Waals surface area contributed by atoms with Crippen LogP contribution in [0.4, 0.5) is 16.0 Å². The summed E-state index contributed by atoms with van der Waals surface area (Å²) in [6.45, 7) is 0. The van der Waals surface area contributed by atoms with E-state index in [1.807, 2.05) is 0 Å². The predicted molar refractivity (Wildman–Crippen MR) is 48.5 cm³/mol. The predicted octanol–water partition coefficient (Wildman–Crippen LogP) is 1.04. The number of anilines is 2. The zero-order chi connectivity index (χ0) is 10.1. The highest BCUT2D eigenvalue weighted by Gasteiger charge is 2.11. The summed E-state index contributed by atoms with van der Waals surface area (Å²) in [6, 6.07) is 4.08. The van der Waals surface area contributed by atoms with Gasteiger partial charge in [0, 0.05) is 5.69 Å². The Morgan fingerprint density at radius 1 is 1.29 bits per heavy atom. The van der Waals surface area contributed by atoms with Gasteiger partial charge in [-0.1, -0.05) is 0 Å². The van der Waals surface area contributed by atoms with E-state index in [1.165, 1.54) is 18.2 Å². The van der Waals surface area contributed by atoms with Gasteiger partial charge in [0.05, 0.1) is 5.56 Å². The Labute approximate surface area is 78.5 Å². The number of benzene rings is 1. The first-order chi connectivity index (χ1) is 6.66. The molecule has 0 bridgehead atoms. The Kier molecular flexibility index (Phi) is 1.81. The Morgan fingerprint density at radius 3 is 2.71 bits per heavy atom. The molecule has 0 amide bonds. The minimum Gasteiger partial charge on any atom is -0.399 e. The van der Waals surface area contributed by atoms with Crippen LogP contribution in [0.3, 0.4) is 0 Å². The van der Waals surface area contributed by atoms with E-state index in [0.717, 1.165) is 0 Å². The highest BCUT2D eigenvalue weighted by molar-refractivity contribution is 5.60. The minimum absolute atomic E-state index is 0.0206. The second kappa shape index (κ2) is 2.99. The molecule has 0 aliphatic heterocycles. The summed E-state index contributed by atoms with van der Waals surface area (Å²) in [5.74, 6) is -0.503. The molecule has 0 aliphatic rings. The van der Waals surface area contributed by atoms with Crippen molar-refractivity contribution in [2.75, 3.05) is 11.5 Å². The van der Waals surface area contributed by atoms with Crippen molar-refractivity contribution in [2.45, 2.75) is 0 Å². The smallest absolute Gasteiger partial charge is 0.262 e. The summed E-state index contributed by atoms with van der Waals surface area (Å²) in [5, 5.41) is 3.35. The summed E-state index contributed by atoms with van der Waals surface area (Å²) in [5.41, 5.74) is 11.3. The molecule has 0 saturated carbocycles. The van der Waals surface area contributed by atoms with Gasteiger partial charge in [-0.2, -0.15) is 4.98 Å². The highest BCUT2D eigenvalue weighted by atomic mass is 19.1. The molecule has 1 aromatic heterocycles. The molecular weight excluding hydrogens is 187 g/mol. The Balaban J connectivity index is 2.55. The largest absolute Gasteiger partial charge is 0.399 e. The summed E-state index contributed by atoms with van der Waals surface area (Å²) >= 11 is 0. The molecule has 0 saturated heterocycles. The first-order valence-corrected chi connectivity index (χ1v) is 3.81. The zero-order valence-corrected chi connectivity index (χ0v) is 7.07. The van der Waals surface area contributed by atoms with Crippen molar-refractivity contribution in [3.05, 3.63) is 24.0 Å². The molecule has 2 rings (SSSR count). The Hall–Kier alpha value is -2.11. The van der Waals surface area contributed by atoms with Crippen LogP contribution < -0.4 is 11.5 Å². The lowest BCUT2D eigenvalue weighted by molar-refractivity contribution is 0.430. The average Bonchev–Trinajstić information content (AvgIpc) is 2.56. The minimum atomic E-state index is -0.483. The summed E-state index contributed by atoms with van der Waals surface area (Å²) in [4.78, 5) is 3.69. The molecular formula is C8H7FN4O. The first-order valence-electron chi connectivity index (χ1n) is 3.81. The first kappa shape index (κ1) is 8.49. The molecule has 72 valence electrons. The summed E-state index contributed by atoms with van der Waals surface area (Å²) < 4.78 is 17.9. The van der Waals surface area contributed by atoms with Crippen LogP contribution in [0.1, 0.15) is 0 Å². The van der Waals surface area contributed by atoms with Crippen LogP contribution in [0.25, 0.3) is 11.5 Å².